The average molecular weight is 568 g/mol. The Bertz CT molecular complexity index is 1460. The third-order valence-electron chi connectivity index (χ3n) is 6.67. The van der Waals surface area contributed by atoms with Gasteiger partial charge in [-0.2, -0.15) is 0 Å². The highest BCUT2D eigenvalue weighted by molar-refractivity contribution is 7.92. The maximum Gasteiger partial charge on any atom is 0.264 e. The molecule has 3 rings (SSSR count). The van der Waals surface area contributed by atoms with E-state index in [2.05, 4.69) is 5.32 Å². The molecular weight excluding hydrogens is 529 g/mol. The van der Waals surface area contributed by atoms with E-state index >= 15 is 0 Å². The van der Waals surface area contributed by atoms with E-state index in [0.29, 0.717) is 17.8 Å². The van der Waals surface area contributed by atoms with E-state index in [1.807, 2.05) is 33.8 Å². The molecule has 40 heavy (non-hydrogen) atoms. The van der Waals surface area contributed by atoms with E-state index in [1.165, 1.54) is 23.1 Å². The number of rotatable bonds is 11. The molecule has 0 saturated carbocycles. The van der Waals surface area contributed by atoms with Crippen LogP contribution >= 0.6 is 0 Å². The summed E-state index contributed by atoms with van der Waals surface area (Å²) in [4.78, 5) is 28.3. The van der Waals surface area contributed by atoms with Gasteiger partial charge < -0.3 is 10.2 Å². The highest BCUT2D eigenvalue weighted by Gasteiger charge is 2.33. The Morgan fingerprint density at radius 3 is 2.15 bits per heavy atom. The first kappa shape index (κ1) is 30.8. The molecule has 9 heteroatoms. The van der Waals surface area contributed by atoms with Gasteiger partial charge in [0.15, 0.2) is 0 Å². The van der Waals surface area contributed by atoms with Crippen LogP contribution in [0, 0.1) is 32.5 Å². The van der Waals surface area contributed by atoms with Crippen LogP contribution in [0.15, 0.2) is 71.6 Å². The molecule has 1 atom stereocenters. The molecule has 3 aromatic rings. The molecule has 214 valence electrons. The van der Waals surface area contributed by atoms with Gasteiger partial charge in [0.25, 0.3) is 10.0 Å². The lowest BCUT2D eigenvalue weighted by atomic mass is 10.1. The number of nitrogens with one attached hydrogen (secondary N) is 1. The molecule has 0 spiro atoms. The van der Waals surface area contributed by atoms with Crippen molar-refractivity contribution >= 4 is 27.5 Å². The first-order valence-corrected chi connectivity index (χ1v) is 14.7. The number of amides is 2. The molecular formula is C31H38FN3O4S. The molecule has 0 aromatic heterocycles. The Labute approximate surface area is 237 Å². The predicted octanol–water partition coefficient (Wildman–Crippen LogP) is 5.14. The lowest BCUT2D eigenvalue weighted by molar-refractivity contribution is -0.139. The van der Waals surface area contributed by atoms with E-state index < -0.39 is 40.2 Å². The molecule has 0 radical (unpaired) electrons. The summed E-state index contributed by atoms with van der Waals surface area (Å²) in [5.74, 6) is -1.37. The van der Waals surface area contributed by atoms with Crippen LogP contribution in [0.4, 0.5) is 10.1 Å². The summed E-state index contributed by atoms with van der Waals surface area (Å²) >= 11 is 0. The quantitative estimate of drug-likeness (QED) is 0.348. The Morgan fingerprint density at radius 2 is 1.52 bits per heavy atom. The minimum absolute atomic E-state index is 0.0372. The van der Waals surface area contributed by atoms with Gasteiger partial charge in [0, 0.05) is 18.7 Å². The third kappa shape index (κ3) is 7.47. The van der Waals surface area contributed by atoms with Gasteiger partial charge in [0.2, 0.25) is 11.8 Å². The first-order valence-electron chi connectivity index (χ1n) is 13.3. The van der Waals surface area contributed by atoms with Gasteiger partial charge in [0.05, 0.1) is 10.6 Å². The maximum absolute atomic E-state index is 14.7. The van der Waals surface area contributed by atoms with Crippen LogP contribution in [-0.2, 0) is 26.2 Å². The monoisotopic (exact) mass is 567 g/mol. The molecule has 0 heterocycles. The fourth-order valence-electron chi connectivity index (χ4n) is 4.18. The number of hydrogen-bond donors (Lipinski definition) is 1. The molecule has 0 aliphatic rings. The van der Waals surface area contributed by atoms with Crippen LogP contribution in [0.3, 0.4) is 0 Å². The first-order chi connectivity index (χ1) is 18.8. The number of nitrogens with zero attached hydrogens (tertiary/aromatic N) is 2. The van der Waals surface area contributed by atoms with Gasteiger partial charge in [-0.15, -0.1) is 0 Å². The molecule has 1 N–H and O–H groups in total. The highest BCUT2D eigenvalue weighted by atomic mass is 32.2. The maximum atomic E-state index is 14.7. The molecule has 7 nitrogen and oxygen atoms in total. The predicted molar refractivity (Wildman–Crippen MR) is 156 cm³/mol. The van der Waals surface area contributed by atoms with Gasteiger partial charge in [-0.25, -0.2) is 12.8 Å². The Hall–Kier alpha value is -3.72. The van der Waals surface area contributed by atoms with Crippen molar-refractivity contribution in [2.45, 2.75) is 59.0 Å². The Balaban J connectivity index is 2.07. The van der Waals surface area contributed by atoms with E-state index in [9.17, 15) is 22.4 Å². The van der Waals surface area contributed by atoms with Gasteiger partial charge >= 0.3 is 0 Å². The lowest BCUT2D eigenvalue weighted by Crippen LogP contribution is -2.51. The van der Waals surface area contributed by atoms with Crippen molar-refractivity contribution in [1.82, 2.24) is 10.2 Å². The zero-order valence-corrected chi connectivity index (χ0v) is 24.8. The van der Waals surface area contributed by atoms with Crippen molar-refractivity contribution in [2.24, 2.45) is 5.92 Å². The van der Waals surface area contributed by atoms with Crippen molar-refractivity contribution in [1.29, 1.82) is 0 Å². The largest absolute Gasteiger partial charge is 0.354 e. The number of halogens is 1. The van der Waals surface area contributed by atoms with Crippen molar-refractivity contribution in [3.8, 4) is 0 Å². The minimum Gasteiger partial charge on any atom is -0.354 e. The van der Waals surface area contributed by atoms with Crippen molar-refractivity contribution in [3.63, 3.8) is 0 Å². The topological polar surface area (TPSA) is 86.8 Å². The van der Waals surface area contributed by atoms with Crippen LogP contribution < -0.4 is 9.62 Å². The normalized spacial score (nSPS) is 12.2. The van der Waals surface area contributed by atoms with Gasteiger partial charge in [-0.05, 0) is 69.0 Å². The molecule has 0 bridgehead atoms. The summed E-state index contributed by atoms with van der Waals surface area (Å²) in [5.41, 5.74) is 2.96. The van der Waals surface area contributed by atoms with Crippen molar-refractivity contribution in [3.05, 3.63) is 94.8 Å². The highest BCUT2D eigenvalue weighted by Crippen LogP contribution is 2.29. The molecule has 0 fully saturated rings. The van der Waals surface area contributed by atoms with Crippen molar-refractivity contribution in [2.75, 3.05) is 17.4 Å². The number of carbonyl (C=O) groups excluding carboxylic acids is 2. The van der Waals surface area contributed by atoms with Gasteiger partial charge in [-0.3, -0.25) is 13.9 Å². The lowest BCUT2D eigenvalue weighted by Gasteiger charge is -2.32. The van der Waals surface area contributed by atoms with Crippen LogP contribution in [-0.4, -0.2) is 44.3 Å². The standard InChI is InChI=1S/C31H38FN3O4S/c1-21(2)18-33-31(37)25(6)34(19-26-9-7-8-10-28(26)32)30(36)20-35(29-17-23(4)11-14-24(29)5)40(38,39)27-15-12-22(3)13-16-27/h7-17,21,25H,18-20H2,1-6H3,(H,33,37)/t25-/m1/s1. The minimum atomic E-state index is -4.18. The molecule has 0 unspecified atom stereocenters. The Morgan fingerprint density at radius 1 is 0.900 bits per heavy atom. The van der Waals surface area contributed by atoms with Gasteiger partial charge in [-0.1, -0.05) is 61.9 Å². The fourth-order valence-corrected chi connectivity index (χ4v) is 5.65. The van der Waals surface area contributed by atoms with E-state index in [0.717, 1.165) is 15.4 Å². The molecule has 2 amide bonds. The van der Waals surface area contributed by atoms with Gasteiger partial charge in [0.1, 0.15) is 18.4 Å². The fraction of sp³-hybridized carbons (Fsp3) is 0.355. The van der Waals surface area contributed by atoms with E-state index in [4.69, 9.17) is 0 Å². The second-order valence-electron chi connectivity index (χ2n) is 10.5. The number of carbonyl (C=O) groups is 2. The number of aryl methyl sites for hydroxylation is 3. The van der Waals surface area contributed by atoms with Crippen LogP contribution in [0.1, 0.15) is 43.0 Å². The number of anilines is 1. The summed E-state index contributed by atoms with van der Waals surface area (Å²) in [6, 6.07) is 16.8. The molecule has 0 aliphatic heterocycles. The average Bonchev–Trinajstić information content (AvgIpc) is 2.91. The summed E-state index contributed by atoms with van der Waals surface area (Å²) in [5, 5.41) is 2.82. The number of sulfonamides is 1. The SMILES string of the molecule is Cc1ccc(S(=O)(=O)N(CC(=O)N(Cc2ccccc2F)[C@H](C)C(=O)NCC(C)C)c2cc(C)ccc2C)cc1. The van der Waals surface area contributed by atoms with Crippen LogP contribution in [0.25, 0.3) is 0 Å². The second-order valence-corrected chi connectivity index (χ2v) is 12.4. The molecule has 3 aromatic carbocycles. The van der Waals surface area contributed by atoms with Crippen molar-refractivity contribution < 1.29 is 22.4 Å². The summed E-state index contributed by atoms with van der Waals surface area (Å²) in [6.07, 6.45) is 0. The van der Waals surface area contributed by atoms with Crippen LogP contribution in [0.5, 0.6) is 0 Å². The van der Waals surface area contributed by atoms with E-state index in [1.54, 1.807) is 56.3 Å². The zero-order valence-electron chi connectivity index (χ0n) is 23.9. The summed E-state index contributed by atoms with van der Waals surface area (Å²) in [6.45, 7) is 10.6. The summed E-state index contributed by atoms with van der Waals surface area (Å²) < 4.78 is 43.7. The van der Waals surface area contributed by atoms with Crippen LogP contribution in [0.2, 0.25) is 0 Å². The molecule has 0 saturated heterocycles. The third-order valence-corrected chi connectivity index (χ3v) is 8.45. The van der Waals surface area contributed by atoms with E-state index in [-0.39, 0.29) is 22.9 Å². The second kappa shape index (κ2) is 13.1. The zero-order chi connectivity index (χ0) is 29.6. The number of hydrogen-bond acceptors (Lipinski definition) is 4. The summed E-state index contributed by atoms with van der Waals surface area (Å²) in [7, 11) is -4.18. The molecule has 0 aliphatic carbocycles. The number of benzene rings is 3. The Kier molecular flexibility index (Phi) is 10.1. The smallest absolute Gasteiger partial charge is 0.264 e.